The highest BCUT2D eigenvalue weighted by Crippen LogP contribution is 2.41. The molecule has 6 heterocycles. The number of ether oxygens (including phenoxy) is 4. The number of fused-ring (bicyclic) bond motifs is 2. The first-order valence-corrected chi connectivity index (χ1v) is 37.5. The van der Waals surface area contributed by atoms with Crippen molar-refractivity contribution in [1.29, 1.82) is 10.5 Å². The first-order chi connectivity index (χ1) is 50.3. The predicted molar refractivity (Wildman–Crippen MR) is 392 cm³/mol. The van der Waals surface area contributed by atoms with Gasteiger partial charge in [-0.25, -0.2) is 73.9 Å². The van der Waals surface area contributed by atoms with Gasteiger partial charge >= 0.3 is 12.2 Å². The number of alkyl halides is 2. The summed E-state index contributed by atoms with van der Waals surface area (Å²) in [7, 11) is -7.64. The summed E-state index contributed by atoms with van der Waals surface area (Å²) in [5.74, 6) is -1.57. The lowest BCUT2D eigenvalue weighted by Crippen LogP contribution is -2.51. The summed E-state index contributed by atoms with van der Waals surface area (Å²) in [4.78, 5) is 54.9. The van der Waals surface area contributed by atoms with Crippen LogP contribution in [0.5, 0.6) is 23.3 Å². The Hall–Kier alpha value is -11.4. The van der Waals surface area contributed by atoms with Crippen LogP contribution in [-0.2, 0) is 52.2 Å². The van der Waals surface area contributed by atoms with E-state index in [9.17, 15) is 35.2 Å². The molecule has 2 fully saturated rings. The summed E-state index contributed by atoms with van der Waals surface area (Å²) in [6.07, 6.45) is 2.75. The minimum atomic E-state index is -3.82. The zero-order valence-electron chi connectivity index (χ0n) is 59.3. The highest BCUT2D eigenvalue weighted by Gasteiger charge is 2.35. The minimum absolute atomic E-state index is 0.0113. The molecule has 2 amide bonds. The number of carbonyl (C=O) groups is 2. The van der Waals surface area contributed by atoms with Gasteiger partial charge in [-0.15, -0.1) is 0 Å². The number of anilines is 2. The van der Waals surface area contributed by atoms with Crippen LogP contribution in [-0.4, -0.2) is 131 Å². The van der Waals surface area contributed by atoms with E-state index in [0.717, 1.165) is 0 Å². The molecule has 4 atom stereocenters. The number of benzene rings is 6. The summed E-state index contributed by atoms with van der Waals surface area (Å²) in [5, 5.41) is 26.1. The number of sulfone groups is 2. The number of piperidine rings is 2. The van der Waals surface area contributed by atoms with E-state index in [1.807, 2.05) is 26.0 Å². The lowest BCUT2D eigenvalue weighted by Gasteiger charge is -2.36. The maximum atomic E-state index is 15.4. The van der Waals surface area contributed by atoms with Crippen molar-refractivity contribution < 1.29 is 62.9 Å². The number of nitrogens with one attached hydrogen (secondary N) is 2. The number of carbonyl (C=O) groups excluding carboxylic acids is 2. The van der Waals surface area contributed by atoms with Crippen LogP contribution in [0.4, 0.5) is 39.0 Å². The predicted octanol–water partition coefficient (Wildman–Crippen LogP) is 15.4. The van der Waals surface area contributed by atoms with Crippen molar-refractivity contribution in [1.82, 2.24) is 39.7 Å². The molecular formula is C78H76F4N12O10S2. The van der Waals surface area contributed by atoms with E-state index in [-0.39, 0.29) is 85.3 Å². The van der Waals surface area contributed by atoms with Crippen LogP contribution in [0.2, 0.25) is 0 Å². The lowest BCUT2D eigenvalue weighted by atomic mass is 10.0. The van der Waals surface area contributed by atoms with E-state index >= 15 is 8.78 Å². The fourth-order valence-corrected chi connectivity index (χ4v) is 15.4. The number of nitriles is 2. The molecule has 2 saturated heterocycles. The van der Waals surface area contributed by atoms with Crippen LogP contribution in [0, 0.1) is 48.1 Å². The van der Waals surface area contributed by atoms with Gasteiger partial charge in [-0.1, -0.05) is 48.5 Å². The Labute approximate surface area is 611 Å². The molecule has 6 aromatic carbocycles. The molecule has 0 radical (unpaired) electrons. The molecule has 0 unspecified atom stereocenters. The fraction of sp³-hybridized carbons (Fsp3) is 0.308. The highest BCUT2D eigenvalue weighted by molar-refractivity contribution is 7.90. The number of aromatic nitrogens is 6. The molecule has 4 aromatic heterocycles. The standard InChI is InChI=1S/2C39H38F2N6O5S/c2*1-24-7-12-29-30(13-14-33(41)32(29)23-53(49,50)22-26-10-8-25(19-42)9-11-26)35(24)51-36-31(6-5-16-43-36)34-15-17-44-37(46-34)45-28-18-27(40)20-47(21-28)38(48)52-39(2,3)4/h2*5-17,27-28H,18,20-23H2,1-4H3,(H,44,45,46)/t2*27-,28-/m10/s1. The Morgan fingerprint density at radius 1 is 0.500 bits per heavy atom. The summed E-state index contributed by atoms with van der Waals surface area (Å²) in [6, 6.07) is 38.1. The molecule has 10 aromatic rings. The number of hydrogen-bond donors (Lipinski definition) is 2. The van der Waals surface area contributed by atoms with E-state index < -0.39 is 90.6 Å². The third kappa shape index (κ3) is 19.3. The molecule has 548 valence electrons. The van der Waals surface area contributed by atoms with Crippen molar-refractivity contribution in [2.75, 3.05) is 36.8 Å². The van der Waals surface area contributed by atoms with Crippen molar-refractivity contribution in [2.45, 2.75) is 127 Å². The summed E-state index contributed by atoms with van der Waals surface area (Å²) in [5.41, 5.74) is 3.67. The Morgan fingerprint density at radius 3 is 1.25 bits per heavy atom. The molecule has 12 rings (SSSR count). The third-order valence-electron chi connectivity index (χ3n) is 17.0. The third-order valence-corrected chi connectivity index (χ3v) is 20.0. The SMILES string of the molecule is Cc1ccc2c(CS(=O)(=O)Cc3ccc(C#N)cc3)c(F)ccc2c1Oc1ncccc1-c1ccnc(N[C@@H]2C[C@@H](F)CN(C(=O)OC(C)(C)C)C2)n1.Cc1ccc2c(CS(=O)(=O)Cc3ccc(C#N)cc3)c(F)ccc2c1Oc1ncccc1-c1ccnc(N[C@H]2C[C@H](F)CN(C(=O)OC(C)(C)C)C2)n1. The Balaban J connectivity index is 0.000000212. The molecule has 2 aliphatic rings. The van der Waals surface area contributed by atoms with Gasteiger partial charge in [0.15, 0.2) is 19.7 Å². The molecule has 0 bridgehead atoms. The molecule has 0 aliphatic carbocycles. The highest BCUT2D eigenvalue weighted by atomic mass is 32.2. The van der Waals surface area contributed by atoms with E-state index in [1.54, 1.807) is 188 Å². The van der Waals surface area contributed by atoms with Crippen LogP contribution in [0.15, 0.2) is 158 Å². The molecular weight excluding hydrogens is 1410 g/mol. The Kier molecular flexibility index (Phi) is 22.8. The number of amides is 2. The largest absolute Gasteiger partial charge is 0.444 e. The molecule has 22 nitrogen and oxygen atoms in total. The molecule has 2 aliphatic heterocycles. The first kappa shape index (κ1) is 75.8. The second kappa shape index (κ2) is 31.9. The summed E-state index contributed by atoms with van der Waals surface area (Å²) in [6.45, 7) is 14.4. The quantitative estimate of drug-likeness (QED) is 0.0754. The molecule has 0 saturated carbocycles. The molecule has 28 heteroatoms. The number of pyridine rings is 2. The van der Waals surface area contributed by atoms with Gasteiger partial charge in [0.2, 0.25) is 23.7 Å². The van der Waals surface area contributed by atoms with Crippen LogP contribution in [0.25, 0.3) is 44.1 Å². The second-order valence-corrected chi connectivity index (χ2v) is 32.0. The van der Waals surface area contributed by atoms with Crippen molar-refractivity contribution >= 4 is 65.3 Å². The van der Waals surface area contributed by atoms with Crippen LogP contribution < -0.4 is 20.1 Å². The van der Waals surface area contributed by atoms with Gasteiger partial charge in [0, 0.05) is 84.7 Å². The smallest absolute Gasteiger partial charge is 0.410 e. The van der Waals surface area contributed by atoms with Crippen LogP contribution >= 0.6 is 0 Å². The van der Waals surface area contributed by atoms with Gasteiger partial charge in [-0.2, -0.15) is 10.5 Å². The van der Waals surface area contributed by atoms with Crippen molar-refractivity contribution in [3.63, 3.8) is 0 Å². The van der Waals surface area contributed by atoms with Crippen LogP contribution in [0.3, 0.4) is 0 Å². The van der Waals surface area contributed by atoms with Crippen LogP contribution in [0.1, 0.15) is 98.9 Å². The lowest BCUT2D eigenvalue weighted by molar-refractivity contribution is 0.0117. The summed E-state index contributed by atoms with van der Waals surface area (Å²) < 4.78 is 137. The van der Waals surface area contributed by atoms with Gasteiger partial charge in [0.1, 0.15) is 46.7 Å². The zero-order valence-corrected chi connectivity index (χ0v) is 60.9. The number of halogens is 4. The zero-order chi connectivity index (χ0) is 75.8. The Morgan fingerprint density at radius 2 is 0.877 bits per heavy atom. The van der Waals surface area contributed by atoms with Gasteiger partial charge < -0.3 is 39.4 Å². The number of likely N-dealkylation sites (tertiary alicyclic amines) is 2. The topological polar surface area (TPSA) is 295 Å². The maximum Gasteiger partial charge on any atom is 0.410 e. The molecule has 106 heavy (non-hydrogen) atoms. The fourth-order valence-electron chi connectivity index (χ4n) is 12.3. The monoisotopic (exact) mass is 1480 g/mol. The van der Waals surface area contributed by atoms with E-state index in [0.29, 0.717) is 88.9 Å². The number of rotatable bonds is 18. The van der Waals surface area contributed by atoms with Gasteiger partial charge in [0.25, 0.3) is 0 Å². The maximum absolute atomic E-state index is 15.4. The van der Waals surface area contributed by atoms with Gasteiger partial charge in [0.05, 0.1) is 81.9 Å². The van der Waals surface area contributed by atoms with Crippen molar-refractivity contribution in [2.24, 2.45) is 0 Å². The van der Waals surface area contributed by atoms with Gasteiger partial charge in [-0.05, 0) is 173 Å². The average Bonchev–Trinajstić information content (AvgIpc) is 0.771. The number of hydrogen-bond acceptors (Lipinski definition) is 20. The van der Waals surface area contributed by atoms with Gasteiger partial charge in [-0.3, -0.25) is 0 Å². The van der Waals surface area contributed by atoms with E-state index in [1.165, 1.54) is 21.9 Å². The average molecular weight is 1480 g/mol. The molecule has 2 N–H and O–H groups in total. The number of aryl methyl sites for hydroxylation is 2. The van der Waals surface area contributed by atoms with E-state index in [4.69, 9.17) is 29.5 Å². The molecule has 0 spiro atoms. The first-order valence-electron chi connectivity index (χ1n) is 33.9. The normalized spacial score (nSPS) is 16.2. The Bertz CT molecular complexity index is 4940. The van der Waals surface area contributed by atoms with E-state index in [2.05, 4.69) is 40.5 Å². The van der Waals surface area contributed by atoms with Crippen molar-refractivity contribution in [3.05, 3.63) is 214 Å². The minimum Gasteiger partial charge on any atom is -0.444 e. The second-order valence-electron chi connectivity index (χ2n) is 27.9. The number of nitrogens with zero attached hydrogens (tertiary/aromatic N) is 10. The van der Waals surface area contributed by atoms with Crippen molar-refractivity contribution in [3.8, 4) is 57.9 Å². The summed E-state index contributed by atoms with van der Waals surface area (Å²) >= 11 is 0.